The smallest absolute Gasteiger partial charge is 0.264 e. The molecule has 3 aromatic carbocycles. The minimum atomic E-state index is -4.00. The molecule has 0 fully saturated rings. The average molecular weight is 468 g/mol. The topological polar surface area (TPSA) is 108 Å². The van der Waals surface area contributed by atoms with Crippen molar-refractivity contribution in [3.63, 3.8) is 0 Å². The zero-order valence-corrected chi connectivity index (χ0v) is 19.1. The van der Waals surface area contributed by atoms with Crippen LogP contribution in [0.25, 0.3) is 0 Å². The summed E-state index contributed by atoms with van der Waals surface area (Å²) in [5.74, 6) is -0.504. The number of aryl methyl sites for hydroxylation is 1. The number of nitrogens with one attached hydrogen (secondary N) is 1. The summed E-state index contributed by atoms with van der Waals surface area (Å²) < 4.78 is 32.7. The molecule has 8 nitrogen and oxygen atoms in total. The summed E-state index contributed by atoms with van der Waals surface area (Å²) >= 11 is 0. The van der Waals surface area contributed by atoms with Crippen LogP contribution in [-0.2, 0) is 21.2 Å². The molecule has 1 amide bonds. The third-order valence-corrected chi connectivity index (χ3v) is 6.68. The molecule has 33 heavy (non-hydrogen) atoms. The molecule has 0 aliphatic heterocycles. The van der Waals surface area contributed by atoms with E-state index in [1.54, 1.807) is 48.5 Å². The molecule has 2 N–H and O–H groups in total. The molecule has 3 aromatic rings. The fourth-order valence-corrected chi connectivity index (χ4v) is 4.52. The Balaban J connectivity index is 1.83. The molecule has 172 valence electrons. The molecule has 0 aliphatic rings. The van der Waals surface area contributed by atoms with E-state index in [0.29, 0.717) is 11.3 Å². The zero-order chi connectivity index (χ0) is 23.8. The summed E-state index contributed by atoms with van der Waals surface area (Å²) in [6.07, 6.45) is 2.06. The van der Waals surface area contributed by atoms with Crippen LogP contribution in [0.4, 0.5) is 5.69 Å². The molecule has 0 aromatic heterocycles. The number of carbonyl (C=O) groups is 1. The van der Waals surface area contributed by atoms with Crippen LogP contribution < -0.4 is 14.5 Å². The maximum Gasteiger partial charge on any atom is 0.264 e. The summed E-state index contributed by atoms with van der Waals surface area (Å²) in [5, 5.41) is 14.0. The van der Waals surface area contributed by atoms with Gasteiger partial charge in [-0.2, -0.15) is 5.10 Å². The van der Waals surface area contributed by atoms with Gasteiger partial charge in [-0.25, -0.2) is 13.8 Å². The standard InChI is InChI=1S/C24H25N3O5S/c1-3-18-12-14-20(15-13-18)27(33(30,31)21-9-5-4-6-10-21)17-23(28)26-25-16-19-8-7-11-22(32-2)24(19)29/h4-16,29H,3,17H2,1-2H3,(H,26,28)/b25-16-. The number of hydrazone groups is 1. The molecule has 9 heteroatoms. The third kappa shape index (κ3) is 5.69. The van der Waals surface area contributed by atoms with Crippen molar-refractivity contribution in [2.75, 3.05) is 18.0 Å². The fourth-order valence-electron chi connectivity index (χ4n) is 3.08. The average Bonchev–Trinajstić information content (AvgIpc) is 2.84. The number of phenols is 1. The molecule has 0 saturated carbocycles. The van der Waals surface area contributed by atoms with Crippen molar-refractivity contribution in [3.8, 4) is 11.5 Å². The number of sulfonamides is 1. The normalized spacial score (nSPS) is 11.3. The van der Waals surface area contributed by atoms with Crippen molar-refractivity contribution in [2.24, 2.45) is 5.10 Å². The Bertz CT molecular complexity index is 1230. The van der Waals surface area contributed by atoms with Crippen LogP contribution in [0.3, 0.4) is 0 Å². The summed E-state index contributed by atoms with van der Waals surface area (Å²) in [6.45, 7) is 1.52. The van der Waals surface area contributed by atoms with Gasteiger partial charge in [0.25, 0.3) is 15.9 Å². The van der Waals surface area contributed by atoms with Crippen molar-refractivity contribution >= 4 is 27.8 Å². The number of ether oxygens (including phenoxy) is 1. The monoisotopic (exact) mass is 467 g/mol. The number of hydrogen-bond acceptors (Lipinski definition) is 6. The predicted molar refractivity (Wildman–Crippen MR) is 127 cm³/mol. The van der Waals surface area contributed by atoms with Gasteiger partial charge in [0.05, 0.1) is 23.9 Å². The van der Waals surface area contributed by atoms with Crippen LogP contribution >= 0.6 is 0 Å². The van der Waals surface area contributed by atoms with Gasteiger partial charge >= 0.3 is 0 Å². The number of hydrogen-bond donors (Lipinski definition) is 2. The molecule has 0 unspecified atom stereocenters. The molecular formula is C24H25N3O5S. The van der Waals surface area contributed by atoms with E-state index < -0.39 is 22.5 Å². The summed E-state index contributed by atoms with van der Waals surface area (Å²) in [7, 11) is -2.57. The molecule has 0 heterocycles. The Kier molecular flexibility index (Phi) is 7.68. The van der Waals surface area contributed by atoms with Gasteiger partial charge in [0.15, 0.2) is 11.5 Å². The van der Waals surface area contributed by atoms with Gasteiger partial charge in [0.2, 0.25) is 0 Å². The minimum Gasteiger partial charge on any atom is -0.504 e. The van der Waals surface area contributed by atoms with Crippen molar-refractivity contribution in [1.29, 1.82) is 0 Å². The second-order valence-corrected chi connectivity index (χ2v) is 8.90. The van der Waals surface area contributed by atoms with Crippen LogP contribution in [0.15, 0.2) is 82.8 Å². The van der Waals surface area contributed by atoms with Gasteiger partial charge < -0.3 is 9.84 Å². The Morgan fingerprint density at radius 2 is 1.76 bits per heavy atom. The summed E-state index contributed by atoms with van der Waals surface area (Å²) in [5.41, 5.74) is 4.05. The molecule has 0 radical (unpaired) electrons. The van der Waals surface area contributed by atoms with E-state index >= 15 is 0 Å². The van der Waals surface area contributed by atoms with E-state index in [-0.39, 0.29) is 16.4 Å². The largest absolute Gasteiger partial charge is 0.504 e. The lowest BCUT2D eigenvalue weighted by Gasteiger charge is -2.24. The molecule has 3 rings (SSSR count). The van der Waals surface area contributed by atoms with Gasteiger partial charge in [-0.1, -0.05) is 43.3 Å². The first kappa shape index (κ1) is 23.8. The van der Waals surface area contributed by atoms with E-state index in [1.165, 1.54) is 25.5 Å². The number of carbonyl (C=O) groups excluding carboxylic acids is 1. The van der Waals surface area contributed by atoms with Gasteiger partial charge in [-0.3, -0.25) is 9.10 Å². The lowest BCUT2D eigenvalue weighted by Crippen LogP contribution is -2.39. The van der Waals surface area contributed by atoms with Crippen LogP contribution in [0.1, 0.15) is 18.1 Å². The Morgan fingerprint density at radius 1 is 1.06 bits per heavy atom. The van der Waals surface area contributed by atoms with Gasteiger partial charge in [-0.05, 0) is 48.4 Å². The maximum atomic E-state index is 13.3. The van der Waals surface area contributed by atoms with E-state index in [4.69, 9.17) is 4.74 Å². The highest BCUT2D eigenvalue weighted by Crippen LogP contribution is 2.28. The highest BCUT2D eigenvalue weighted by molar-refractivity contribution is 7.92. The maximum absolute atomic E-state index is 13.3. The quantitative estimate of drug-likeness (QED) is 0.371. The minimum absolute atomic E-state index is 0.0715. The summed E-state index contributed by atoms with van der Waals surface area (Å²) in [4.78, 5) is 12.7. The van der Waals surface area contributed by atoms with E-state index in [2.05, 4.69) is 10.5 Å². The number of para-hydroxylation sites is 1. The number of benzene rings is 3. The number of rotatable bonds is 9. The highest BCUT2D eigenvalue weighted by atomic mass is 32.2. The van der Waals surface area contributed by atoms with Crippen molar-refractivity contribution in [3.05, 3.63) is 83.9 Å². The van der Waals surface area contributed by atoms with Crippen LogP contribution in [0.2, 0.25) is 0 Å². The molecule has 0 bridgehead atoms. The highest BCUT2D eigenvalue weighted by Gasteiger charge is 2.27. The molecule has 0 aliphatic carbocycles. The number of anilines is 1. The van der Waals surface area contributed by atoms with E-state index in [9.17, 15) is 18.3 Å². The van der Waals surface area contributed by atoms with Gasteiger partial charge in [0, 0.05) is 5.56 Å². The Hall–Kier alpha value is -3.85. The van der Waals surface area contributed by atoms with Crippen molar-refractivity contribution in [2.45, 2.75) is 18.2 Å². The first-order chi connectivity index (χ1) is 15.9. The van der Waals surface area contributed by atoms with Crippen molar-refractivity contribution < 1.29 is 23.1 Å². The van der Waals surface area contributed by atoms with Crippen molar-refractivity contribution in [1.82, 2.24) is 5.43 Å². The first-order valence-corrected chi connectivity index (χ1v) is 11.7. The van der Waals surface area contributed by atoms with Gasteiger partial charge in [-0.15, -0.1) is 0 Å². The summed E-state index contributed by atoms with van der Waals surface area (Å²) in [6, 6.07) is 19.7. The number of nitrogens with zero attached hydrogens (tertiary/aromatic N) is 2. The van der Waals surface area contributed by atoms with E-state index in [0.717, 1.165) is 16.3 Å². The van der Waals surface area contributed by atoms with Gasteiger partial charge in [0.1, 0.15) is 6.54 Å². The Morgan fingerprint density at radius 3 is 2.39 bits per heavy atom. The SMILES string of the molecule is CCc1ccc(N(CC(=O)N/N=C\c2cccc(OC)c2O)S(=O)(=O)c2ccccc2)cc1. The first-order valence-electron chi connectivity index (χ1n) is 10.2. The Labute approximate surface area is 193 Å². The molecule has 0 atom stereocenters. The van der Waals surface area contributed by atoms with E-state index in [1.807, 2.05) is 19.1 Å². The zero-order valence-electron chi connectivity index (χ0n) is 18.3. The molecular weight excluding hydrogens is 442 g/mol. The lowest BCUT2D eigenvalue weighted by molar-refractivity contribution is -0.119. The number of methoxy groups -OCH3 is 1. The molecule has 0 saturated heterocycles. The van der Waals surface area contributed by atoms with Crippen LogP contribution in [0, 0.1) is 0 Å². The number of phenolic OH excluding ortho intramolecular Hbond substituents is 1. The van der Waals surface area contributed by atoms with Crippen LogP contribution in [0.5, 0.6) is 11.5 Å². The second kappa shape index (κ2) is 10.6. The predicted octanol–water partition coefficient (Wildman–Crippen LogP) is 3.31. The number of aromatic hydroxyl groups is 1. The number of amides is 1. The van der Waals surface area contributed by atoms with Crippen LogP contribution in [-0.4, -0.2) is 39.3 Å². The third-order valence-electron chi connectivity index (χ3n) is 4.89. The fraction of sp³-hybridized carbons (Fsp3) is 0.167. The lowest BCUT2D eigenvalue weighted by atomic mass is 10.1. The second-order valence-electron chi connectivity index (χ2n) is 7.04. The molecule has 0 spiro atoms.